The van der Waals surface area contributed by atoms with Crippen LogP contribution in [0.2, 0.25) is 0 Å². The highest BCUT2D eigenvalue weighted by molar-refractivity contribution is 5.31. The van der Waals surface area contributed by atoms with Crippen LogP contribution < -0.4 is 5.32 Å². The molecular formula is C10H16N4O. The van der Waals surface area contributed by atoms with Gasteiger partial charge in [0.05, 0.1) is 13.2 Å². The van der Waals surface area contributed by atoms with Gasteiger partial charge in [0.25, 0.3) is 0 Å². The second-order valence-corrected chi connectivity index (χ2v) is 3.49. The number of rotatable bonds is 4. The van der Waals surface area contributed by atoms with Gasteiger partial charge >= 0.3 is 0 Å². The average Bonchev–Trinajstić information content (AvgIpc) is 2.32. The van der Waals surface area contributed by atoms with Gasteiger partial charge in [-0.1, -0.05) is 0 Å². The van der Waals surface area contributed by atoms with E-state index in [0.29, 0.717) is 0 Å². The van der Waals surface area contributed by atoms with Crippen LogP contribution >= 0.6 is 0 Å². The van der Waals surface area contributed by atoms with Crippen LogP contribution in [-0.4, -0.2) is 54.5 Å². The average molecular weight is 208 g/mol. The maximum absolute atomic E-state index is 5.28. The van der Waals surface area contributed by atoms with E-state index in [2.05, 4.69) is 20.4 Å². The largest absolute Gasteiger partial charge is 0.379 e. The topological polar surface area (TPSA) is 50.3 Å². The Hall–Kier alpha value is -1.20. The minimum Gasteiger partial charge on any atom is -0.379 e. The first-order chi connectivity index (χ1) is 7.45. The lowest BCUT2D eigenvalue weighted by Crippen LogP contribution is -2.39. The van der Waals surface area contributed by atoms with Crippen LogP contribution in [0, 0.1) is 0 Å². The van der Waals surface area contributed by atoms with Gasteiger partial charge < -0.3 is 10.1 Å². The summed E-state index contributed by atoms with van der Waals surface area (Å²) in [6.45, 7) is 5.69. The van der Waals surface area contributed by atoms with Gasteiger partial charge in [-0.15, -0.1) is 5.10 Å². The smallest absolute Gasteiger partial charge is 0.148 e. The highest BCUT2D eigenvalue weighted by atomic mass is 16.5. The highest BCUT2D eigenvalue weighted by Gasteiger charge is 2.08. The number of ether oxygens (including phenoxy) is 1. The lowest BCUT2D eigenvalue weighted by atomic mass is 10.4. The molecule has 15 heavy (non-hydrogen) atoms. The van der Waals surface area contributed by atoms with E-state index in [0.717, 1.165) is 45.2 Å². The van der Waals surface area contributed by atoms with Gasteiger partial charge in [-0.3, -0.25) is 4.90 Å². The van der Waals surface area contributed by atoms with Gasteiger partial charge in [0, 0.05) is 32.4 Å². The molecule has 0 radical (unpaired) electrons. The van der Waals surface area contributed by atoms with Crippen molar-refractivity contribution >= 4 is 5.82 Å². The van der Waals surface area contributed by atoms with Gasteiger partial charge in [-0.05, 0) is 12.1 Å². The Balaban J connectivity index is 1.66. The number of nitrogens with zero attached hydrogens (tertiary/aromatic N) is 3. The molecule has 82 valence electrons. The molecule has 1 saturated heterocycles. The van der Waals surface area contributed by atoms with Crippen molar-refractivity contribution in [1.82, 2.24) is 15.1 Å². The summed E-state index contributed by atoms with van der Waals surface area (Å²) in [6, 6.07) is 3.80. The minimum atomic E-state index is 0.839. The molecule has 0 spiro atoms. The predicted molar refractivity (Wildman–Crippen MR) is 57.8 cm³/mol. The SMILES string of the molecule is c1cnnc(NCCN2CCOCC2)c1. The van der Waals surface area contributed by atoms with E-state index in [9.17, 15) is 0 Å². The van der Waals surface area contributed by atoms with Crippen molar-refractivity contribution in [2.75, 3.05) is 44.7 Å². The monoisotopic (exact) mass is 208 g/mol. The van der Waals surface area contributed by atoms with E-state index >= 15 is 0 Å². The highest BCUT2D eigenvalue weighted by Crippen LogP contribution is 1.99. The zero-order valence-corrected chi connectivity index (χ0v) is 8.72. The van der Waals surface area contributed by atoms with Crippen molar-refractivity contribution in [3.63, 3.8) is 0 Å². The predicted octanol–water partition coefficient (Wildman–Crippen LogP) is 0.221. The van der Waals surface area contributed by atoms with Crippen LogP contribution in [0.15, 0.2) is 18.3 Å². The Labute approximate surface area is 89.4 Å². The maximum atomic E-state index is 5.28. The summed E-state index contributed by atoms with van der Waals surface area (Å²) in [5.41, 5.74) is 0. The lowest BCUT2D eigenvalue weighted by Gasteiger charge is -2.26. The Bertz CT molecular complexity index is 274. The molecule has 0 saturated carbocycles. The van der Waals surface area contributed by atoms with Crippen LogP contribution in [0.25, 0.3) is 0 Å². The molecule has 1 aliphatic rings. The van der Waals surface area contributed by atoms with Gasteiger partial charge in [0.1, 0.15) is 5.82 Å². The summed E-state index contributed by atoms with van der Waals surface area (Å²) in [7, 11) is 0. The molecule has 2 heterocycles. The van der Waals surface area contributed by atoms with Crippen molar-refractivity contribution in [1.29, 1.82) is 0 Å². The van der Waals surface area contributed by atoms with Crippen LogP contribution in [0.5, 0.6) is 0 Å². The van der Waals surface area contributed by atoms with Gasteiger partial charge in [0.15, 0.2) is 0 Å². The van der Waals surface area contributed by atoms with E-state index in [1.165, 1.54) is 0 Å². The minimum absolute atomic E-state index is 0.839. The van der Waals surface area contributed by atoms with Crippen LogP contribution in [0.3, 0.4) is 0 Å². The first-order valence-electron chi connectivity index (χ1n) is 5.27. The molecule has 0 atom stereocenters. The standard InChI is InChI=1S/C10H16N4O/c1-2-10(13-12-3-1)11-4-5-14-6-8-15-9-7-14/h1-3H,4-9H2,(H,11,13). The lowest BCUT2D eigenvalue weighted by molar-refractivity contribution is 0.0398. The number of hydrogen-bond acceptors (Lipinski definition) is 5. The molecule has 0 unspecified atom stereocenters. The second-order valence-electron chi connectivity index (χ2n) is 3.49. The number of nitrogens with one attached hydrogen (secondary N) is 1. The van der Waals surface area contributed by atoms with Crippen LogP contribution in [-0.2, 0) is 4.74 Å². The molecule has 5 heteroatoms. The number of aromatic nitrogens is 2. The van der Waals surface area contributed by atoms with Crippen LogP contribution in [0.4, 0.5) is 5.82 Å². The third-order valence-electron chi connectivity index (χ3n) is 2.41. The summed E-state index contributed by atoms with van der Waals surface area (Å²) in [5.74, 6) is 0.839. The van der Waals surface area contributed by atoms with Gasteiger partial charge in [0.2, 0.25) is 0 Å². The van der Waals surface area contributed by atoms with E-state index in [4.69, 9.17) is 4.74 Å². The first-order valence-corrected chi connectivity index (χ1v) is 5.27. The summed E-state index contributed by atoms with van der Waals surface area (Å²) in [5, 5.41) is 11.0. The van der Waals surface area contributed by atoms with Gasteiger partial charge in [-0.2, -0.15) is 5.10 Å². The molecule has 0 aliphatic carbocycles. The molecule has 0 aromatic carbocycles. The zero-order valence-electron chi connectivity index (χ0n) is 8.72. The molecule has 1 aromatic rings. The number of hydrogen-bond donors (Lipinski definition) is 1. The molecule has 1 aliphatic heterocycles. The van der Waals surface area contributed by atoms with Crippen molar-refractivity contribution in [2.45, 2.75) is 0 Å². The summed E-state index contributed by atoms with van der Waals surface area (Å²) >= 11 is 0. The first kappa shape index (κ1) is 10.3. The van der Waals surface area contributed by atoms with E-state index in [1.807, 2.05) is 12.1 Å². The molecule has 5 nitrogen and oxygen atoms in total. The summed E-state index contributed by atoms with van der Waals surface area (Å²) < 4.78 is 5.28. The Kier molecular flexibility index (Phi) is 3.87. The normalized spacial score (nSPS) is 17.6. The third kappa shape index (κ3) is 3.45. The van der Waals surface area contributed by atoms with Crippen LogP contribution in [0.1, 0.15) is 0 Å². The third-order valence-corrected chi connectivity index (χ3v) is 2.41. The summed E-state index contributed by atoms with van der Waals surface area (Å²) in [4.78, 5) is 2.38. The zero-order chi connectivity index (χ0) is 10.3. The van der Waals surface area contributed by atoms with Gasteiger partial charge in [-0.25, -0.2) is 0 Å². The molecule has 0 bridgehead atoms. The fourth-order valence-electron chi connectivity index (χ4n) is 1.56. The Morgan fingerprint density at radius 1 is 1.40 bits per heavy atom. The second kappa shape index (κ2) is 5.63. The Morgan fingerprint density at radius 2 is 2.27 bits per heavy atom. The Morgan fingerprint density at radius 3 is 3.00 bits per heavy atom. The number of anilines is 1. The van der Waals surface area contributed by atoms with Crippen molar-refractivity contribution in [2.24, 2.45) is 0 Å². The molecule has 1 fully saturated rings. The van der Waals surface area contributed by atoms with Crippen molar-refractivity contribution in [3.05, 3.63) is 18.3 Å². The quantitative estimate of drug-likeness (QED) is 0.767. The van der Waals surface area contributed by atoms with Crippen molar-refractivity contribution in [3.8, 4) is 0 Å². The fourth-order valence-corrected chi connectivity index (χ4v) is 1.56. The number of morpholine rings is 1. The summed E-state index contributed by atoms with van der Waals surface area (Å²) in [6.07, 6.45) is 1.67. The molecule has 2 rings (SSSR count). The fraction of sp³-hybridized carbons (Fsp3) is 0.600. The van der Waals surface area contributed by atoms with E-state index in [1.54, 1.807) is 6.20 Å². The van der Waals surface area contributed by atoms with Crippen molar-refractivity contribution < 1.29 is 4.74 Å². The molecule has 0 amide bonds. The molecule has 1 aromatic heterocycles. The van der Waals surface area contributed by atoms with E-state index < -0.39 is 0 Å². The van der Waals surface area contributed by atoms with E-state index in [-0.39, 0.29) is 0 Å². The maximum Gasteiger partial charge on any atom is 0.148 e. The molecular weight excluding hydrogens is 192 g/mol. The molecule has 1 N–H and O–H groups in total.